The lowest BCUT2D eigenvalue weighted by molar-refractivity contribution is -0.131. The molecule has 0 bridgehead atoms. The number of carboxylic acids is 1. The molecule has 5 rings (SSSR count). The number of H-pyrrole nitrogens is 1. The van der Waals surface area contributed by atoms with Crippen LogP contribution in [-0.2, 0) is 4.79 Å². The molecular formula is C28H20ClFN4O2. The minimum absolute atomic E-state index is 0.172. The predicted molar refractivity (Wildman–Crippen MR) is 138 cm³/mol. The van der Waals surface area contributed by atoms with Crippen LogP contribution in [-0.4, -0.2) is 26.3 Å². The van der Waals surface area contributed by atoms with Crippen LogP contribution in [0.15, 0.2) is 60.8 Å². The molecule has 6 nitrogen and oxygen atoms in total. The molecule has 1 aliphatic rings. The first-order chi connectivity index (χ1) is 17.4. The number of pyridine rings is 1. The zero-order chi connectivity index (χ0) is 25.2. The first kappa shape index (κ1) is 23.5. The van der Waals surface area contributed by atoms with Gasteiger partial charge in [0.05, 0.1) is 23.2 Å². The summed E-state index contributed by atoms with van der Waals surface area (Å²) >= 11 is 6.16. The number of nitrogens with one attached hydrogen (secondary N) is 1. The van der Waals surface area contributed by atoms with Crippen molar-refractivity contribution in [1.29, 1.82) is 0 Å². The minimum Gasteiger partial charge on any atom is -0.478 e. The zero-order valence-electron chi connectivity index (χ0n) is 19.0. The van der Waals surface area contributed by atoms with Gasteiger partial charge in [0.15, 0.2) is 0 Å². The summed E-state index contributed by atoms with van der Waals surface area (Å²) in [6.07, 6.45) is 7.11. The molecule has 0 aliphatic heterocycles. The minimum atomic E-state index is -1.03. The molecule has 2 heterocycles. The normalized spacial score (nSPS) is 14.5. The van der Waals surface area contributed by atoms with E-state index in [1.165, 1.54) is 6.08 Å². The van der Waals surface area contributed by atoms with E-state index < -0.39 is 11.9 Å². The van der Waals surface area contributed by atoms with Gasteiger partial charge in [-0.05, 0) is 70.9 Å². The van der Waals surface area contributed by atoms with Crippen molar-refractivity contribution in [3.63, 3.8) is 0 Å². The van der Waals surface area contributed by atoms with Crippen LogP contribution in [0.1, 0.15) is 41.6 Å². The highest BCUT2D eigenvalue weighted by molar-refractivity contribution is 6.30. The highest BCUT2D eigenvalue weighted by Crippen LogP contribution is 2.47. The third-order valence-electron chi connectivity index (χ3n) is 6.41. The van der Waals surface area contributed by atoms with Gasteiger partial charge < -0.3 is 5.11 Å². The molecule has 1 saturated carbocycles. The highest BCUT2D eigenvalue weighted by atomic mass is 35.5. The van der Waals surface area contributed by atoms with Crippen molar-refractivity contribution in [2.24, 2.45) is 5.92 Å². The number of hydrogen-bond donors (Lipinski definition) is 2. The van der Waals surface area contributed by atoms with Crippen molar-refractivity contribution in [3.8, 4) is 0 Å². The van der Waals surface area contributed by atoms with Crippen molar-refractivity contribution in [2.45, 2.75) is 19.3 Å². The first-order valence-corrected chi connectivity index (χ1v) is 11.8. The Labute approximate surface area is 211 Å². The van der Waals surface area contributed by atoms with E-state index in [4.69, 9.17) is 23.3 Å². The molecule has 8 heteroatoms. The van der Waals surface area contributed by atoms with E-state index in [1.807, 2.05) is 30.3 Å². The standard InChI is InChI=1S/C28H20ClFN4O2/c1-31-23-14-20(29)15-32-27(23)26(17-3-2-4-17)25(18-8-5-16(6-9-18)7-12-24(35)36)19-10-11-22-21(13-19)28(30)34-33-22/h5-15,17H,2-4H2,(H,33,34)(H,35,36)/b12-7+,26-25+. The molecule has 0 atom stereocenters. The van der Waals surface area contributed by atoms with Crippen molar-refractivity contribution in [2.75, 3.05) is 0 Å². The third kappa shape index (κ3) is 4.51. The summed E-state index contributed by atoms with van der Waals surface area (Å²) in [5.41, 5.74) is 5.55. The topological polar surface area (TPSA) is 83.2 Å². The highest BCUT2D eigenvalue weighted by Gasteiger charge is 2.30. The number of aliphatic carboxylic acids is 1. The smallest absolute Gasteiger partial charge is 0.328 e. The van der Waals surface area contributed by atoms with Crippen molar-refractivity contribution >= 4 is 51.4 Å². The number of allylic oxidation sites excluding steroid dienone is 1. The predicted octanol–water partition coefficient (Wildman–Crippen LogP) is 7.16. The molecular weight excluding hydrogens is 479 g/mol. The summed E-state index contributed by atoms with van der Waals surface area (Å²) in [7, 11) is 0. The van der Waals surface area contributed by atoms with E-state index in [2.05, 4.69) is 20.0 Å². The van der Waals surface area contributed by atoms with Gasteiger partial charge in [-0.1, -0.05) is 48.4 Å². The fourth-order valence-electron chi connectivity index (χ4n) is 4.47. The van der Waals surface area contributed by atoms with Gasteiger partial charge in [-0.25, -0.2) is 9.64 Å². The maximum atomic E-state index is 14.5. The third-order valence-corrected chi connectivity index (χ3v) is 6.61. The Morgan fingerprint density at radius 3 is 2.58 bits per heavy atom. The van der Waals surface area contributed by atoms with Gasteiger partial charge in [0, 0.05) is 17.3 Å². The average molecular weight is 499 g/mol. The van der Waals surface area contributed by atoms with Crippen LogP contribution >= 0.6 is 11.6 Å². The van der Waals surface area contributed by atoms with Gasteiger partial charge in [-0.3, -0.25) is 10.1 Å². The Hall–Kier alpha value is -4.28. The number of carbonyl (C=O) groups is 1. The number of halogens is 2. The van der Waals surface area contributed by atoms with E-state index in [0.29, 0.717) is 27.3 Å². The average Bonchev–Trinajstić information content (AvgIpc) is 3.22. The van der Waals surface area contributed by atoms with E-state index in [0.717, 1.165) is 53.2 Å². The van der Waals surface area contributed by atoms with E-state index in [1.54, 1.807) is 24.4 Å². The number of benzene rings is 2. The molecule has 0 radical (unpaired) electrons. The second-order valence-corrected chi connectivity index (χ2v) is 9.05. The van der Waals surface area contributed by atoms with Crippen LogP contribution < -0.4 is 0 Å². The Morgan fingerprint density at radius 2 is 1.92 bits per heavy atom. The van der Waals surface area contributed by atoms with Crippen LogP contribution in [0, 0.1) is 18.4 Å². The Morgan fingerprint density at radius 1 is 1.17 bits per heavy atom. The molecule has 0 saturated heterocycles. The van der Waals surface area contributed by atoms with Crippen molar-refractivity contribution < 1.29 is 14.3 Å². The number of aromatic nitrogens is 3. The van der Waals surface area contributed by atoms with Gasteiger partial charge in [-0.2, -0.15) is 9.49 Å². The van der Waals surface area contributed by atoms with Gasteiger partial charge in [-0.15, -0.1) is 0 Å². The van der Waals surface area contributed by atoms with Gasteiger partial charge in [0.2, 0.25) is 11.6 Å². The number of fused-ring (bicyclic) bond motifs is 1. The number of rotatable bonds is 6. The lowest BCUT2D eigenvalue weighted by Gasteiger charge is -2.31. The molecule has 36 heavy (non-hydrogen) atoms. The van der Waals surface area contributed by atoms with Crippen LogP contribution in [0.2, 0.25) is 5.02 Å². The SMILES string of the molecule is [C-]#[N+]c1cc(Cl)cnc1/C(=C(\c1ccc(/C=C/C(=O)O)cc1)c1ccc2n[nH]c(F)c2c1)C1CCC1. The summed E-state index contributed by atoms with van der Waals surface area (Å²) in [5, 5.41) is 16.1. The summed E-state index contributed by atoms with van der Waals surface area (Å²) in [4.78, 5) is 19.2. The number of aromatic amines is 1. The molecule has 0 spiro atoms. The number of carboxylic acid groups (broad SMARTS) is 1. The molecule has 4 aromatic rings. The van der Waals surface area contributed by atoms with Gasteiger partial charge >= 0.3 is 5.97 Å². The van der Waals surface area contributed by atoms with Crippen LogP contribution in [0.5, 0.6) is 0 Å². The largest absolute Gasteiger partial charge is 0.478 e. The Balaban J connectivity index is 1.79. The summed E-state index contributed by atoms with van der Waals surface area (Å²) in [6.45, 7) is 7.75. The summed E-state index contributed by atoms with van der Waals surface area (Å²) in [5.74, 6) is -1.37. The molecule has 2 aromatic carbocycles. The second-order valence-electron chi connectivity index (χ2n) is 8.61. The fourth-order valence-corrected chi connectivity index (χ4v) is 4.63. The molecule has 0 amide bonds. The molecule has 1 aliphatic carbocycles. The Kier molecular flexibility index (Phi) is 6.36. The van der Waals surface area contributed by atoms with E-state index in [-0.39, 0.29) is 5.92 Å². The van der Waals surface area contributed by atoms with Crippen LogP contribution in [0.3, 0.4) is 0 Å². The zero-order valence-corrected chi connectivity index (χ0v) is 19.8. The van der Waals surface area contributed by atoms with Gasteiger partial charge in [0.25, 0.3) is 0 Å². The lowest BCUT2D eigenvalue weighted by Crippen LogP contribution is -2.16. The quantitative estimate of drug-likeness (QED) is 0.218. The molecule has 2 aromatic heterocycles. The van der Waals surface area contributed by atoms with E-state index in [9.17, 15) is 9.18 Å². The van der Waals surface area contributed by atoms with E-state index >= 15 is 0 Å². The second kappa shape index (κ2) is 9.76. The number of nitrogens with zero attached hydrogens (tertiary/aromatic N) is 3. The molecule has 178 valence electrons. The molecule has 0 unspecified atom stereocenters. The fraction of sp³-hybridized carbons (Fsp3) is 0.143. The molecule has 2 N–H and O–H groups in total. The Bertz CT molecular complexity index is 1580. The maximum absolute atomic E-state index is 14.5. The lowest BCUT2D eigenvalue weighted by atomic mass is 9.74. The molecule has 1 fully saturated rings. The monoisotopic (exact) mass is 498 g/mol. The maximum Gasteiger partial charge on any atom is 0.328 e. The number of hydrogen-bond acceptors (Lipinski definition) is 3. The van der Waals surface area contributed by atoms with Crippen molar-refractivity contribution in [1.82, 2.24) is 15.2 Å². The van der Waals surface area contributed by atoms with Crippen molar-refractivity contribution in [3.05, 3.63) is 106 Å². The van der Waals surface area contributed by atoms with Gasteiger partial charge in [0.1, 0.15) is 0 Å². The summed E-state index contributed by atoms with van der Waals surface area (Å²) in [6, 6.07) is 14.5. The first-order valence-electron chi connectivity index (χ1n) is 11.4. The van der Waals surface area contributed by atoms with Crippen LogP contribution in [0.25, 0.3) is 33.0 Å². The van der Waals surface area contributed by atoms with Crippen LogP contribution in [0.4, 0.5) is 10.1 Å². The summed E-state index contributed by atoms with van der Waals surface area (Å²) < 4.78 is 14.5.